The zero-order valence-corrected chi connectivity index (χ0v) is 10.7. The van der Waals surface area contributed by atoms with Crippen molar-refractivity contribution in [3.63, 3.8) is 0 Å². The van der Waals surface area contributed by atoms with Gasteiger partial charge in [0, 0.05) is 13.0 Å². The summed E-state index contributed by atoms with van der Waals surface area (Å²) in [5.41, 5.74) is -1.06. The Morgan fingerprint density at radius 2 is 2.05 bits per heavy atom. The van der Waals surface area contributed by atoms with Crippen LogP contribution in [0, 0.1) is 5.92 Å². The Morgan fingerprint density at radius 3 is 2.55 bits per heavy atom. The van der Waals surface area contributed by atoms with Gasteiger partial charge in [0.05, 0.1) is 22.2 Å². The minimum absolute atomic E-state index is 0.0302. The van der Waals surface area contributed by atoms with Crippen molar-refractivity contribution in [3.05, 3.63) is 28.8 Å². The number of alkyl halides is 3. The van der Waals surface area contributed by atoms with Crippen LogP contribution in [-0.4, -0.2) is 23.5 Å². The Labute approximate surface area is 116 Å². The monoisotopic (exact) mass is 307 g/mol. The summed E-state index contributed by atoms with van der Waals surface area (Å²) in [4.78, 5) is 23.6. The molecule has 0 spiro atoms. The average molecular weight is 308 g/mol. The van der Waals surface area contributed by atoms with E-state index < -0.39 is 29.5 Å². The quantitative estimate of drug-likeness (QED) is 0.914. The van der Waals surface area contributed by atoms with E-state index in [0.717, 1.165) is 23.1 Å². The third-order valence-electron chi connectivity index (χ3n) is 3.04. The van der Waals surface area contributed by atoms with Crippen molar-refractivity contribution in [2.75, 3.05) is 11.4 Å². The minimum Gasteiger partial charge on any atom is -0.481 e. The predicted molar refractivity (Wildman–Crippen MR) is 64.5 cm³/mol. The third-order valence-corrected chi connectivity index (χ3v) is 3.36. The minimum atomic E-state index is -4.56. The van der Waals surface area contributed by atoms with Gasteiger partial charge in [-0.1, -0.05) is 11.6 Å². The van der Waals surface area contributed by atoms with Crippen molar-refractivity contribution >= 4 is 29.2 Å². The Kier molecular flexibility index (Phi) is 3.64. The largest absolute Gasteiger partial charge is 0.481 e. The topological polar surface area (TPSA) is 57.6 Å². The molecule has 108 valence electrons. The summed E-state index contributed by atoms with van der Waals surface area (Å²) in [6.07, 6.45) is -4.81. The second kappa shape index (κ2) is 4.97. The lowest BCUT2D eigenvalue weighted by atomic mass is 10.1. The molecular formula is C12H9ClF3NO3. The number of benzene rings is 1. The maximum Gasteiger partial charge on any atom is 0.416 e. The van der Waals surface area contributed by atoms with Crippen molar-refractivity contribution in [1.29, 1.82) is 0 Å². The summed E-state index contributed by atoms with van der Waals surface area (Å²) in [6.45, 7) is -0.185. The van der Waals surface area contributed by atoms with Gasteiger partial charge in [-0.05, 0) is 18.2 Å². The summed E-state index contributed by atoms with van der Waals surface area (Å²) >= 11 is 5.81. The molecule has 2 rings (SSSR count). The van der Waals surface area contributed by atoms with Crippen LogP contribution in [0.2, 0.25) is 5.02 Å². The van der Waals surface area contributed by atoms with Gasteiger partial charge in [-0.15, -0.1) is 0 Å². The first-order valence-corrected chi connectivity index (χ1v) is 5.98. The smallest absolute Gasteiger partial charge is 0.416 e. The van der Waals surface area contributed by atoms with E-state index in [1.165, 1.54) is 0 Å². The Morgan fingerprint density at radius 1 is 1.40 bits per heavy atom. The predicted octanol–water partition coefficient (Wildman–Crippen LogP) is 2.80. The standard InChI is InChI=1S/C12H9ClF3NO3/c13-8-2-1-7(12(14,15)16)4-9(8)17-5-6(11(19)20)3-10(17)18/h1-2,4,6H,3,5H2,(H,19,20). The normalized spacial score (nSPS) is 19.5. The Balaban J connectivity index is 2.38. The van der Waals surface area contributed by atoms with E-state index in [0.29, 0.717) is 0 Å². The van der Waals surface area contributed by atoms with Gasteiger partial charge in [0.2, 0.25) is 5.91 Å². The molecule has 0 radical (unpaired) electrons. The first-order valence-electron chi connectivity index (χ1n) is 5.60. The van der Waals surface area contributed by atoms with Crippen molar-refractivity contribution < 1.29 is 27.9 Å². The lowest BCUT2D eigenvalue weighted by Gasteiger charge is -2.19. The molecule has 1 saturated heterocycles. The SMILES string of the molecule is O=C(O)C1CC(=O)N(c2cc(C(F)(F)F)ccc2Cl)C1. The van der Waals surface area contributed by atoms with Crippen LogP contribution in [0.5, 0.6) is 0 Å². The van der Waals surface area contributed by atoms with Crippen LogP contribution in [0.25, 0.3) is 0 Å². The lowest BCUT2D eigenvalue weighted by molar-refractivity contribution is -0.141. The van der Waals surface area contributed by atoms with E-state index in [9.17, 15) is 22.8 Å². The van der Waals surface area contributed by atoms with Crippen LogP contribution in [0.15, 0.2) is 18.2 Å². The molecule has 1 fully saturated rings. The van der Waals surface area contributed by atoms with Gasteiger partial charge in [-0.2, -0.15) is 13.2 Å². The van der Waals surface area contributed by atoms with Crippen LogP contribution < -0.4 is 4.90 Å². The van der Waals surface area contributed by atoms with Crippen LogP contribution >= 0.6 is 11.6 Å². The number of hydrogen-bond donors (Lipinski definition) is 1. The molecule has 0 aliphatic carbocycles. The lowest BCUT2D eigenvalue weighted by Crippen LogP contribution is -2.26. The molecule has 1 heterocycles. The number of halogens is 4. The van der Waals surface area contributed by atoms with Crippen molar-refractivity contribution in [1.82, 2.24) is 0 Å². The fraction of sp³-hybridized carbons (Fsp3) is 0.333. The molecule has 1 aromatic carbocycles. The molecule has 1 atom stereocenters. The van der Waals surface area contributed by atoms with Gasteiger partial charge in [-0.3, -0.25) is 9.59 Å². The number of anilines is 1. The molecule has 0 aromatic heterocycles. The van der Waals surface area contributed by atoms with E-state index in [1.54, 1.807) is 0 Å². The fourth-order valence-electron chi connectivity index (χ4n) is 2.00. The van der Waals surface area contributed by atoms with Crippen LogP contribution in [0.3, 0.4) is 0 Å². The number of nitrogens with zero attached hydrogens (tertiary/aromatic N) is 1. The summed E-state index contributed by atoms with van der Waals surface area (Å²) < 4.78 is 37.9. The van der Waals surface area contributed by atoms with E-state index >= 15 is 0 Å². The number of rotatable bonds is 2. The highest BCUT2D eigenvalue weighted by molar-refractivity contribution is 6.34. The fourth-order valence-corrected chi connectivity index (χ4v) is 2.22. The molecule has 1 aliphatic rings. The van der Waals surface area contributed by atoms with E-state index in [4.69, 9.17) is 16.7 Å². The number of carbonyl (C=O) groups is 2. The number of carboxylic acid groups (broad SMARTS) is 1. The second-order valence-electron chi connectivity index (χ2n) is 4.41. The van der Waals surface area contributed by atoms with E-state index in [1.807, 2.05) is 0 Å². The molecule has 1 aromatic rings. The second-order valence-corrected chi connectivity index (χ2v) is 4.81. The molecule has 8 heteroatoms. The van der Waals surface area contributed by atoms with Gasteiger partial charge in [0.25, 0.3) is 0 Å². The van der Waals surface area contributed by atoms with Gasteiger partial charge in [-0.25, -0.2) is 0 Å². The molecule has 0 bridgehead atoms. The van der Waals surface area contributed by atoms with Crippen LogP contribution in [-0.2, 0) is 15.8 Å². The van der Waals surface area contributed by atoms with Crippen molar-refractivity contribution in [2.45, 2.75) is 12.6 Å². The van der Waals surface area contributed by atoms with E-state index in [-0.39, 0.29) is 23.7 Å². The number of carboxylic acids is 1. The number of amides is 1. The average Bonchev–Trinajstić information content (AvgIpc) is 2.70. The number of hydrogen-bond acceptors (Lipinski definition) is 2. The maximum absolute atomic E-state index is 12.6. The summed E-state index contributed by atoms with van der Waals surface area (Å²) in [7, 11) is 0. The highest BCUT2D eigenvalue weighted by Gasteiger charge is 2.37. The van der Waals surface area contributed by atoms with Gasteiger partial charge < -0.3 is 10.0 Å². The van der Waals surface area contributed by atoms with Gasteiger partial charge >= 0.3 is 12.1 Å². The molecule has 1 aliphatic heterocycles. The van der Waals surface area contributed by atoms with E-state index in [2.05, 4.69) is 0 Å². The third kappa shape index (κ3) is 2.72. The van der Waals surface area contributed by atoms with Crippen molar-refractivity contribution in [3.8, 4) is 0 Å². The molecule has 20 heavy (non-hydrogen) atoms. The van der Waals surface area contributed by atoms with Crippen LogP contribution in [0.1, 0.15) is 12.0 Å². The molecular weight excluding hydrogens is 299 g/mol. The summed E-state index contributed by atoms with van der Waals surface area (Å²) in [5, 5.41) is 8.83. The van der Waals surface area contributed by atoms with Gasteiger partial charge in [0.15, 0.2) is 0 Å². The maximum atomic E-state index is 12.6. The molecule has 4 nitrogen and oxygen atoms in total. The molecule has 1 N–H and O–H groups in total. The zero-order valence-electron chi connectivity index (χ0n) is 9.95. The van der Waals surface area contributed by atoms with Crippen molar-refractivity contribution in [2.24, 2.45) is 5.92 Å². The van der Waals surface area contributed by atoms with Gasteiger partial charge in [0.1, 0.15) is 0 Å². The first kappa shape index (κ1) is 14.6. The first-order chi connectivity index (χ1) is 9.20. The summed E-state index contributed by atoms with van der Waals surface area (Å²) in [5.74, 6) is -2.66. The molecule has 1 unspecified atom stereocenters. The molecule has 1 amide bonds. The highest BCUT2D eigenvalue weighted by Crippen LogP contribution is 2.37. The Hall–Kier alpha value is -1.76. The number of aliphatic carboxylic acids is 1. The van der Waals surface area contributed by atoms with Crippen LogP contribution in [0.4, 0.5) is 18.9 Å². The Bertz CT molecular complexity index is 574. The highest BCUT2D eigenvalue weighted by atomic mass is 35.5. The number of carbonyl (C=O) groups excluding carboxylic acids is 1. The summed E-state index contributed by atoms with van der Waals surface area (Å²) in [6, 6.07) is 2.60. The molecule has 0 saturated carbocycles. The zero-order chi connectivity index (χ0) is 15.1.